The van der Waals surface area contributed by atoms with E-state index in [1.807, 2.05) is 40.7 Å². The van der Waals surface area contributed by atoms with Crippen LogP contribution in [0.25, 0.3) is 11.0 Å². The molecule has 4 rings (SSSR count). The van der Waals surface area contributed by atoms with Crippen molar-refractivity contribution >= 4 is 34.3 Å². The number of nitrogens with zero attached hydrogens (tertiary/aromatic N) is 4. The summed E-state index contributed by atoms with van der Waals surface area (Å²) in [6.07, 6.45) is 2.04. The van der Waals surface area contributed by atoms with Crippen LogP contribution in [0.2, 0.25) is 0 Å². The number of rotatable bonds is 5. The van der Waals surface area contributed by atoms with E-state index in [2.05, 4.69) is 10.3 Å². The SMILES string of the molecule is CCn1c(NC(=O)c2ccc(N3CCCC3)c([N+](=O)[O-])c2)nc2ccccc21. The molecule has 0 atom stereocenters. The Balaban J connectivity index is 1.65. The van der Waals surface area contributed by atoms with E-state index in [1.165, 1.54) is 6.07 Å². The highest BCUT2D eigenvalue weighted by Gasteiger charge is 2.24. The van der Waals surface area contributed by atoms with Gasteiger partial charge in [-0.25, -0.2) is 4.98 Å². The average Bonchev–Trinajstić information content (AvgIpc) is 3.34. The number of anilines is 2. The number of imidazole rings is 1. The Hall–Kier alpha value is -3.42. The number of nitro groups is 1. The summed E-state index contributed by atoms with van der Waals surface area (Å²) in [6, 6.07) is 12.3. The number of amides is 1. The van der Waals surface area contributed by atoms with Gasteiger partial charge in [-0.15, -0.1) is 0 Å². The molecule has 0 bridgehead atoms. The molecule has 1 N–H and O–H groups in total. The number of carbonyl (C=O) groups is 1. The zero-order valence-electron chi connectivity index (χ0n) is 15.6. The van der Waals surface area contributed by atoms with Crippen molar-refractivity contribution in [1.82, 2.24) is 9.55 Å². The maximum Gasteiger partial charge on any atom is 0.293 e. The highest BCUT2D eigenvalue weighted by atomic mass is 16.6. The van der Waals surface area contributed by atoms with Crippen molar-refractivity contribution in [3.05, 3.63) is 58.1 Å². The van der Waals surface area contributed by atoms with Gasteiger partial charge in [0.2, 0.25) is 5.95 Å². The van der Waals surface area contributed by atoms with Crippen LogP contribution in [-0.4, -0.2) is 33.5 Å². The van der Waals surface area contributed by atoms with Crippen LogP contribution in [0, 0.1) is 10.1 Å². The second kappa shape index (κ2) is 7.30. The fraction of sp³-hybridized carbons (Fsp3) is 0.300. The number of nitro benzene ring substituents is 1. The van der Waals surface area contributed by atoms with Crippen LogP contribution in [0.15, 0.2) is 42.5 Å². The summed E-state index contributed by atoms with van der Waals surface area (Å²) >= 11 is 0. The second-order valence-corrected chi connectivity index (χ2v) is 6.78. The molecule has 0 aliphatic carbocycles. The molecule has 0 spiro atoms. The van der Waals surface area contributed by atoms with Gasteiger partial charge in [0.15, 0.2) is 0 Å². The lowest BCUT2D eigenvalue weighted by atomic mass is 10.1. The molecular formula is C20H21N5O3. The van der Waals surface area contributed by atoms with Gasteiger partial charge in [0.25, 0.3) is 11.6 Å². The molecule has 3 aromatic rings. The monoisotopic (exact) mass is 379 g/mol. The van der Waals surface area contributed by atoms with Crippen molar-refractivity contribution < 1.29 is 9.72 Å². The molecule has 8 nitrogen and oxygen atoms in total. The van der Waals surface area contributed by atoms with E-state index in [4.69, 9.17) is 0 Å². The van der Waals surface area contributed by atoms with E-state index < -0.39 is 10.8 Å². The standard InChI is InChI=1S/C20H21N5O3/c1-2-24-16-8-4-3-7-15(16)21-20(24)22-19(26)14-9-10-17(18(13-14)25(27)28)23-11-5-6-12-23/h3-4,7-10,13H,2,5-6,11-12H2,1H3,(H,21,22,26). The lowest BCUT2D eigenvalue weighted by Crippen LogP contribution is -2.20. The van der Waals surface area contributed by atoms with Gasteiger partial charge in [-0.1, -0.05) is 12.1 Å². The highest BCUT2D eigenvalue weighted by Crippen LogP contribution is 2.32. The van der Waals surface area contributed by atoms with Crippen molar-refractivity contribution in [3.63, 3.8) is 0 Å². The molecule has 1 aromatic heterocycles. The van der Waals surface area contributed by atoms with E-state index in [0.717, 1.165) is 37.0 Å². The summed E-state index contributed by atoms with van der Waals surface area (Å²) in [5.74, 6) is 0.0149. The first-order valence-electron chi connectivity index (χ1n) is 9.38. The molecule has 1 aliphatic rings. The normalized spacial score (nSPS) is 13.8. The molecule has 2 aromatic carbocycles. The number of para-hydroxylation sites is 2. The van der Waals surface area contributed by atoms with Crippen molar-refractivity contribution in [2.45, 2.75) is 26.3 Å². The van der Waals surface area contributed by atoms with E-state index >= 15 is 0 Å². The maximum atomic E-state index is 12.8. The number of benzene rings is 2. The smallest absolute Gasteiger partial charge is 0.293 e. The molecule has 28 heavy (non-hydrogen) atoms. The predicted octanol–water partition coefficient (Wildman–Crippen LogP) is 3.82. The van der Waals surface area contributed by atoms with Gasteiger partial charge >= 0.3 is 0 Å². The van der Waals surface area contributed by atoms with Crippen LogP contribution in [0.1, 0.15) is 30.1 Å². The Morgan fingerprint density at radius 1 is 1.21 bits per heavy atom. The zero-order valence-corrected chi connectivity index (χ0v) is 15.6. The third-order valence-corrected chi connectivity index (χ3v) is 5.08. The molecule has 1 fully saturated rings. The fourth-order valence-electron chi connectivity index (χ4n) is 3.70. The van der Waals surface area contributed by atoms with Gasteiger partial charge in [-0.2, -0.15) is 0 Å². The second-order valence-electron chi connectivity index (χ2n) is 6.78. The van der Waals surface area contributed by atoms with Gasteiger partial charge in [0, 0.05) is 31.3 Å². The summed E-state index contributed by atoms with van der Waals surface area (Å²) in [4.78, 5) is 30.4. The van der Waals surface area contributed by atoms with Crippen LogP contribution < -0.4 is 10.2 Å². The minimum Gasteiger partial charge on any atom is -0.366 e. The Bertz CT molecular complexity index is 1050. The average molecular weight is 379 g/mol. The van der Waals surface area contributed by atoms with Crippen LogP contribution in [0.5, 0.6) is 0 Å². The number of hydrogen-bond donors (Lipinski definition) is 1. The minimum absolute atomic E-state index is 0.0430. The van der Waals surface area contributed by atoms with Crippen LogP contribution in [0.3, 0.4) is 0 Å². The summed E-state index contributed by atoms with van der Waals surface area (Å²) < 4.78 is 1.90. The number of aromatic nitrogens is 2. The topological polar surface area (TPSA) is 93.3 Å². The molecule has 1 amide bonds. The van der Waals surface area contributed by atoms with E-state index in [0.29, 0.717) is 18.2 Å². The molecule has 0 unspecified atom stereocenters. The Labute approximate surface area is 161 Å². The number of carbonyl (C=O) groups excluding carboxylic acids is 1. The molecule has 0 saturated carbocycles. The van der Waals surface area contributed by atoms with Gasteiger partial charge in [0.05, 0.1) is 16.0 Å². The Kier molecular flexibility index (Phi) is 4.68. The minimum atomic E-state index is -0.425. The van der Waals surface area contributed by atoms with Crippen molar-refractivity contribution in [2.24, 2.45) is 0 Å². The molecule has 2 heterocycles. The number of nitrogens with one attached hydrogen (secondary N) is 1. The van der Waals surface area contributed by atoms with Gasteiger partial charge in [-0.3, -0.25) is 20.2 Å². The van der Waals surface area contributed by atoms with Crippen molar-refractivity contribution in [3.8, 4) is 0 Å². The quantitative estimate of drug-likeness (QED) is 0.537. The number of fused-ring (bicyclic) bond motifs is 1. The lowest BCUT2D eigenvalue weighted by molar-refractivity contribution is -0.384. The fourth-order valence-corrected chi connectivity index (χ4v) is 3.70. The molecule has 8 heteroatoms. The first kappa shape index (κ1) is 18.0. The first-order valence-corrected chi connectivity index (χ1v) is 9.38. The first-order chi connectivity index (χ1) is 13.6. The maximum absolute atomic E-state index is 12.8. The third kappa shape index (κ3) is 3.17. The molecular weight excluding hydrogens is 358 g/mol. The Morgan fingerprint density at radius 2 is 1.96 bits per heavy atom. The van der Waals surface area contributed by atoms with E-state index in [-0.39, 0.29) is 11.3 Å². The summed E-state index contributed by atoms with van der Waals surface area (Å²) in [7, 11) is 0. The van der Waals surface area contributed by atoms with Gasteiger partial charge < -0.3 is 9.47 Å². The summed E-state index contributed by atoms with van der Waals surface area (Å²) in [5, 5.41) is 14.4. The molecule has 1 saturated heterocycles. The van der Waals surface area contributed by atoms with Gasteiger partial charge in [0.1, 0.15) is 5.69 Å². The molecule has 144 valence electrons. The largest absolute Gasteiger partial charge is 0.366 e. The Morgan fingerprint density at radius 3 is 2.68 bits per heavy atom. The summed E-state index contributed by atoms with van der Waals surface area (Å²) in [5.41, 5.74) is 2.48. The third-order valence-electron chi connectivity index (χ3n) is 5.08. The summed E-state index contributed by atoms with van der Waals surface area (Å²) in [6.45, 7) is 4.21. The lowest BCUT2D eigenvalue weighted by Gasteiger charge is -2.17. The van der Waals surface area contributed by atoms with Crippen LogP contribution in [0.4, 0.5) is 17.3 Å². The number of aryl methyl sites for hydroxylation is 1. The van der Waals surface area contributed by atoms with Crippen molar-refractivity contribution in [1.29, 1.82) is 0 Å². The van der Waals surface area contributed by atoms with E-state index in [9.17, 15) is 14.9 Å². The van der Waals surface area contributed by atoms with Crippen LogP contribution in [-0.2, 0) is 6.54 Å². The van der Waals surface area contributed by atoms with E-state index in [1.54, 1.807) is 12.1 Å². The predicted molar refractivity (Wildman–Crippen MR) is 108 cm³/mol. The number of hydrogen-bond acceptors (Lipinski definition) is 5. The molecule has 0 radical (unpaired) electrons. The van der Waals surface area contributed by atoms with Gasteiger partial charge in [-0.05, 0) is 44.0 Å². The van der Waals surface area contributed by atoms with Crippen molar-refractivity contribution in [2.75, 3.05) is 23.3 Å². The zero-order chi connectivity index (χ0) is 19.7. The molecule has 1 aliphatic heterocycles. The van der Waals surface area contributed by atoms with Crippen LogP contribution >= 0.6 is 0 Å². The highest BCUT2D eigenvalue weighted by molar-refractivity contribution is 6.05.